The fourth-order valence-electron chi connectivity index (χ4n) is 3.79. The van der Waals surface area contributed by atoms with E-state index < -0.39 is 15.4 Å². The highest BCUT2D eigenvalue weighted by molar-refractivity contribution is 7.86. The van der Waals surface area contributed by atoms with Gasteiger partial charge in [0.25, 0.3) is 10.1 Å². The minimum atomic E-state index is -4.33. The van der Waals surface area contributed by atoms with Crippen LogP contribution in [-0.4, -0.2) is 24.5 Å². The SMILES string of the molecule is CCCc1cccc(C(CCN2c3ccccc3Oc3ccccc32)S(=O)(=O)O)n1. The van der Waals surface area contributed by atoms with Gasteiger partial charge in [0.1, 0.15) is 5.25 Å². The van der Waals surface area contributed by atoms with E-state index >= 15 is 0 Å². The molecule has 1 N–H and O–H groups in total. The Labute approximate surface area is 176 Å². The van der Waals surface area contributed by atoms with Gasteiger partial charge in [-0.15, -0.1) is 0 Å². The van der Waals surface area contributed by atoms with E-state index in [2.05, 4.69) is 4.98 Å². The van der Waals surface area contributed by atoms with Crippen molar-refractivity contribution >= 4 is 21.5 Å². The van der Waals surface area contributed by atoms with Gasteiger partial charge in [0.15, 0.2) is 11.5 Å². The Kier molecular flexibility index (Phi) is 5.74. The fourth-order valence-corrected chi connectivity index (χ4v) is 4.63. The third-order valence-corrected chi connectivity index (χ3v) is 6.37. The maximum atomic E-state index is 12.2. The van der Waals surface area contributed by atoms with Crippen LogP contribution in [0.25, 0.3) is 0 Å². The van der Waals surface area contributed by atoms with Crippen LogP contribution < -0.4 is 9.64 Å². The molecule has 0 amide bonds. The molecule has 0 saturated carbocycles. The summed E-state index contributed by atoms with van der Waals surface area (Å²) in [7, 11) is -4.33. The number of hydrogen-bond acceptors (Lipinski definition) is 5. The first-order valence-corrected chi connectivity index (χ1v) is 11.5. The van der Waals surface area contributed by atoms with Gasteiger partial charge in [0.05, 0.1) is 17.1 Å². The highest BCUT2D eigenvalue weighted by atomic mass is 32.2. The van der Waals surface area contributed by atoms with Crippen molar-refractivity contribution in [2.45, 2.75) is 31.4 Å². The molecule has 1 aromatic heterocycles. The normalized spacial score (nSPS) is 13.9. The quantitative estimate of drug-likeness (QED) is 0.519. The molecule has 0 radical (unpaired) electrons. The van der Waals surface area contributed by atoms with Gasteiger partial charge >= 0.3 is 0 Å². The van der Waals surface area contributed by atoms with Crippen LogP contribution in [-0.2, 0) is 16.5 Å². The van der Waals surface area contributed by atoms with E-state index in [-0.39, 0.29) is 6.42 Å². The molecule has 156 valence electrons. The lowest BCUT2D eigenvalue weighted by Crippen LogP contribution is -2.26. The van der Waals surface area contributed by atoms with E-state index in [1.807, 2.05) is 66.4 Å². The molecule has 1 aliphatic heterocycles. The van der Waals surface area contributed by atoms with E-state index in [0.717, 1.165) is 29.9 Å². The highest BCUT2D eigenvalue weighted by Crippen LogP contribution is 2.46. The summed E-state index contributed by atoms with van der Waals surface area (Å²) in [6.07, 6.45) is 1.86. The van der Waals surface area contributed by atoms with Crippen LogP contribution in [0.15, 0.2) is 66.7 Å². The Bertz CT molecular complexity index is 1100. The lowest BCUT2D eigenvalue weighted by atomic mass is 10.1. The minimum absolute atomic E-state index is 0.185. The zero-order valence-electron chi connectivity index (χ0n) is 16.7. The summed E-state index contributed by atoms with van der Waals surface area (Å²) in [5, 5.41) is -1.10. The number of anilines is 2. The third-order valence-electron chi connectivity index (χ3n) is 5.17. The van der Waals surface area contributed by atoms with Crippen LogP contribution in [0.2, 0.25) is 0 Å². The molecule has 0 fully saturated rings. The fraction of sp³-hybridized carbons (Fsp3) is 0.261. The summed E-state index contributed by atoms with van der Waals surface area (Å²) in [6.45, 7) is 2.42. The summed E-state index contributed by atoms with van der Waals surface area (Å²) in [4.78, 5) is 6.53. The van der Waals surface area contributed by atoms with Crippen molar-refractivity contribution in [1.29, 1.82) is 0 Å². The van der Waals surface area contributed by atoms with Crippen LogP contribution in [0.3, 0.4) is 0 Å². The van der Waals surface area contributed by atoms with Crippen molar-refractivity contribution in [2.75, 3.05) is 11.4 Å². The molecule has 0 aliphatic carbocycles. The van der Waals surface area contributed by atoms with Gasteiger partial charge in [0, 0.05) is 12.2 Å². The van der Waals surface area contributed by atoms with Gasteiger partial charge in [0.2, 0.25) is 0 Å². The van der Waals surface area contributed by atoms with E-state index in [1.54, 1.807) is 12.1 Å². The molecule has 7 heteroatoms. The maximum Gasteiger partial charge on any atom is 0.273 e. The van der Waals surface area contributed by atoms with Crippen LogP contribution in [0.5, 0.6) is 11.5 Å². The number of para-hydroxylation sites is 4. The first kappa shape index (κ1) is 20.4. The first-order chi connectivity index (χ1) is 14.5. The molecular weight excluding hydrogens is 400 g/mol. The molecule has 0 spiro atoms. The molecule has 2 heterocycles. The number of fused-ring (bicyclic) bond motifs is 2. The summed E-state index contributed by atoms with van der Waals surface area (Å²) in [5.74, 6) is 1.42. The van der Waals surface area contributed by atoms with Crippen LogP contribution in [0, 0.1) is 0 Å². The standard InChI is InChI=1S/C23H24N2O4S/c1-2-8-17-9-7-10-18(24-17)23(30(26,27)28)15-16-25-19-11-3-5-13-21(19)29-22-14-6-4-12-20(22)25/h3-7,9-14,23H,2,8,15-16H2,1H3,(H,26,27,28). The minimum Gasteiger partial charge on any atom is -0.453 e. The number of aryl methyl sites for hydroxylation is 1. The Balaban J connectivity index is 1.66. The first-order valence-electron chi connectivity index (χ1n) is 10.0. The van der Waals surface area contributed by atoms with Crippen molar-refractivity contribution in [3.05, 3.63) is 78.1 Å². The summed E-state index contributed by atoms with van der Waals surface area (Å²) < 4.78 is 40.4. The van der Waals surface area contributed by atoms with Gasteiger partial charge < -0.3 is 9.64 Å². The van der Waals surface area contributed by atoms with Crippen LogP contribution in [0.4, 0.5) is 11.4 Å². The average molecular weight is 425 g/mol. The van der Waals surface area contributed by atoms with Crippen molar-refractivity contribution in [3.8, 4) is 11.5 Å². The summed E-state index contributed by atoms with van der Waals surface area (Å²) in [6, 6.07) is 20.6. The second kappa shape index (κ2) is 8.45. The van der Waals surface area contributed by atoms with Crippen molar-refractivity contribution in [3.63, 3.8) is 0 Å². The van der Waals surface area contributed by atoms with E-state index in [4.69, 9.17) is 4.74 Å². The number of aromatic nitrogens is 1. The number of hydrogen-bond donors (Lipinski definition) is 1. The molecule has 30 heavy (non-hydrogen) atoms. The molecular formula is C23H24N2O4S. The number of benzene rings is 2. The number of ether oxygens (including phenoxy) is 1. The predicted molar refractivity (Wildman–Crippen MR) is 117 cm³/mol. The van der Waals surface area contributed by atoms with Crippen molar-refractivity contribution in [2.24, 2.45) is 0 Å². The van der Waals surface area contributed by atoms with Crippen LogP contribution in [0.1, 0.15) is 36.4 Å². The van der Waals surface area contributed by atoms with E-state index in [1.165, 1.54) is 0 Å². The highest BCUT2D eigenvalue weighted by Gasteiger charge is 2.30. The molecule has 1 unspecified atom stereocenters. The van der Waals surface area contributed by atoms with Crippen LogP contribution >= 0.6 is 0 Å². The van der Waals surface area contributed by atoms with Gasteiger partial charge in [-0.3, -0.25) is 9.54 Å². The summed E-state index contributed by atoms with van der Waals surface area (Å²) >= 11 is 0. The van der Waals surface area contributed by atoms with E-state index in [9.17, 15) is 13.0 Å². The Hall–Kier alpha value is -2.90. The zero-order chi connectivity index (χ0) is 21.1. The molecule has 1 atom stereocenters. The third kappa shape index (κ3) is 4.17. The number of pyridine rings is 1. The molecule has 3 aromatic rings. The second-order valence-electron chi connectivity index (χ2n) is 7.29. The number of nitrogens with zero attached hydrogens (tertiary/aromatic N) is 2. The van der Waals surface area contributed by atoms with Gasteiger partial charge in [-0.05, 0) is 49.2 Å². The smallest absolute Gasteiger partial charge is 0.273 e. The molecule has 4 rings (SSSR count). The summed E-state index contributed by atoms with van der Waals surface area (Å²) in [5.41, 5.74) is 2.92. The predicted octanol–water partition coefficient (Wildman–Crippen LogP) is 5.30. The van der Waals surface area contributed by atoms with Gasteiger partial charge in [-0.1, -0.05) is 43.7 Å². The Morgan fingerprint density at radius 1 is 0.967 bits per heavy atom. The topological polar surface area (TPSA) is 79.7 Å². The second-order valence-corrected chi connectivity index (χ2v) is 8.88. The van der Waals surface area contributed by atoms with Crippen molar-refractivity contribution in [1.82, 2.24) is 4.98 Å². The molecule has 0 bridgehead atoms. The largest absolute Gasteiger partial charge is 0.453 e. The van der Waals surface area contributed by atoms with E-state index in [0.29, 0.717) is 23.7 Å². The monoisotopic (exact) mass is 424 g/mol. The van der Waals surface area contributed by atoms with Crippen molar-refractivity contribution < 1.29 is 17.7 Å². The molecule has 1 aliphatic rings. The lowest BCUT2D eigenvalue weighted by molar-refractivity contribution is 0.459. The maximum absolute atomic E-state index is 12.2. The van der Waals surface area contributed by atoms with Gasteiger partial charge in [-0.2, -0.15) is 8.42 Å². The Morgan fingerprint density at radius 3 is 2.20 bits per heavy atom. The Morgan fingerprint density at radius 2 is 1.60 bits per heavy atom. The molecule has 0 saturated heterocycles. The average Bonchev–Trinajstić information content (AvgIpc) is 2.73. The van der Waals surface area contributed by atoms with Gasteiger partial charge in [-0.25, -0.2) is 0 Å². The molecule has 6 nitrogen and oxygen atoms in total. The lowest BCUT2D eigenvalue weighted by Gasteiger charge is -2.33. The number of rotatable bonds is 7. The zero-order valence-corrected chi connectivity index (χ0v) is 17.5. The molecule has 2 aromatic carbocycles.